The first kappa shape index (κ1) is 41.3. The zero-order chi connectivity index (χ0) is 44.0. The van der Waals surface area contributed by atoms with E-state index in [2.05, 4.69) is 94.4 Å². The van der Waals surface area contributed by atoms with Gasteiger partial charge in [0.1, 0.15) is 31.0 Å². The van der Waals surface area contributed by atoms with Crippen LogP contribution < -0.4 is 30.7 Å². The third-order valence-corrected chi connectivity index (χ3v) is 15.5. The van der Waals surface area contributed by atoms with E-state index >= 15 is 0 Å². The second kappa shape index (κ2) is 15.2. The van der Waals surface area contributed by atoms with Crippen molar-refractivity contribution in [3.63, 3.8) is 0 Å². The van der Waals surface area contributed by atoms with Gasteiger partial charge in [-0.1, -0.05) is 33.8 Å². The minimum Gasteiger partial charge on any atom is -0.632 e. The number of H-pyrrole nitrogens is 1. The molecule has 1 aliphatic carbocycles. The maximum absolute atomic E-state index is 13.8. The Morgan fingerprint density at radius 1 is 0.905 bits per heavy atom. The fraction of sp³-hybridized carbons (Fsp3) is 0.490. The smallest absolute Gasteiger partial charge is 0.285 e. The molecule has 6 heterocycles. The van der Waals surface area contributed by atoms with Gasteiger partial charge in [0.25, 0.3) is 11.8 Å². The predicted octanol–water partition coefficient (Wildman–Crippen LogP) is 5.32. The SMILES string of the molecule is CC1(C)C(NC(=O)c2ccc(N3CCC(CN4CC5CC4CN5c4ccc5c(c4)C[N+]([O-])([C@H]4CCC(=O)NC4=O)C5)CC3)cc2)C(C)(C)C1Oc1ccc(C#N)c2[nH]c(=O)ccc12. The van der Waals surface area contributed by atoms with E-state index in [1.807, 2.05) is 12.1 Å². The number of anilines is 2. The van der Waals surface area contributed by atoms with Crippen molar-refractivity contribution in [1.82, 2.24) is 20.5 Å². The number of ether oxygens (including phenoxy) is 1. The van der Waals surface area contributed by atoms with E-state index in [1.54, 1.807) is 18.2 Å². The monoisotopic (exact) mass is 852 g/mol. The number of amides is 3. The number of hydroxylamine groups is 3. The summed E-state index contributed by atoms with van der Waals surface area (Å²) < 4.78 is 6.03. The first-order valence-electron chi connectivity index (χ1n) is 22.5. The molecule has 5 aliphatic heterocycles. The summed E-state index contributed by atoms with van der Waals surface area (Å²) in [6.07, 6.45) is 3.68. The highest BCUT2D eigenvalue weighted by molar-refractivity contribution is 5.99. The lowest BCUT2D eigenvalue weighted by Gasteiger charge is -2.63. The zero-order valence-electron chi connectivity index (χ0n) is 36.5. The lowest BCUT2D eigenvalue weighted by molar-refractivity contribution is -0.916. The highest BCUT2D eigenvalue weighted by atomic mass is 16.6. The minimum absolute atomic E-state index is 0.116. The van der Waals surface area contributed by atoms with Gasteiger partial charge in [-0.15, -0.1) is 0 Å². The minimum atomic E-state index is -0.737. The summed E-state index contributed by atoms with van der Waals surface area (Å²) in [6.45, 7) is 14.0. The number of aromatic amines is 1. The van der Waals surface area contributed by atoms with Crippen molar-refractivity contribution < 1.29 is 23.8 Å². The molecule has 10 rings (SSSR count). The molecule has 5 fully saturated rings. The second-order valence-electron chi connectivity index (χ2n) is 20.2. The van der Waals surface area contributed by atoms with Crippen LogP contribution in [0.1, 0.15) is 86.8 Å². The van der Waals surface area contributed by atoms with Crippen LogP contribution in [-0.4, -0.2) is 95.2 Å². The molecule has 63 heavy (non-hydrogen) atoms. The fourth-order valence-electron chi connectivity index (χ4n) is 12.5. The first-order valence-corrected chi connectivity index (χ1v) is 22.5. The van der Waals surface area contributed by atoms with Gasteiger partial charge in [0.05, 0.1) is 11.1 Å². The number of benzene rings is 3. The summed E-state index contributed by atoms with van der Waals surface area (Å²) in [5, 5.41) is 29.8. The van der Waals surface area contributed by atoms with Crippen molar-refractivity contribution in [2.24, 2.45) is 16.7 Å². The van der Waals surface area contributed by atoms with E-state index in [1.165, 1.54) is 11.8 Å². The molecular weight excluding hydrogens is 797 g/mol. The number of carbonyl (C=O) groups excluding carboxylic acids is 3. The molecule has 3 aromatic carbocycles. The second-order valence-corrected chi connectivity index (χ2v) is 20.2. The van der Waals surface area contributed by atoms with Crippen LogP contribution in [0.25, 0.3) is 10.9 Å². The Morgan fingerprint density at radius 2 is 1.63 bits per heavy atom. The Bertz CT molecular complexity index is 2590. The van der Waals surface area contributed by atoms with Crippen molar-refractivity contribution in [2.75, 3.05) is 42.5 Å². The topological polar surface area (TPSA) is 174 Å². The maximum Gasteiger partial charge on any atom is 0.285 e. The van der Waals surface area contributed by atoms with Crippen molar-refractivity contribution in [1.29, 1.82) is 5.26 Å². The zero-order valence-corrected chi connectivity index (χ0v) is 36.5. The lowest BCUT2D eigenvalue weighted by Crippen LogP contribution is -2.74. The van der Waals surface area contributed by atoms with Crippen LogP contribution in [0, 0.1) is 33.3 Å². The van der Waals surface area contributed by atoms with Crippen LogP contribution in [0.5, 0.6) is 5.75 Å². The van der Waals surface area contributed by atoms with Gasteiger partial charge in [-0.05, 0) is 79.8 Å². The number of hydrogen-bond acceptors (Lipinski definition) is 10. The van der Waals surface area contributed by atoms with E-state index in [4.69, 9.17) is 4.74 Å². The molecule has 3 unspecified atom stereocenters. The third kappa shape index (κ3) is 7.14. The van der Waals surface area contributed by atoms with Gasteiger partial charge in [-0.2, -0.15) is 5.26 Å². The quantitative estimate of drug-likeness (QED) is 0.114. The van der Waals surface area contributed by atoms with E-state index in [-0.39, 0.29) is 49.0 Å². The highest BCUT2D eigenvalue weighted by Gasteiger charge is 2.64. The van der Waals surface area contributed by atoms with Crippen LogP contribution in [0.2, 0.25) is 0 Å². The average molecular weight is 853 g/mol. The first-order chi connectivity index (χ1) is 30.1. The molecule has 328 valence electrons. The van der Waals surface area contributed by atoms with Gasteiger partial charge in [0.15, 0.2) is 6.04 Å². The van der Waals surface area contributed by atoms with Gasteiger partial charge < -0.3 is 34.7 Å². The average Bonchev–Trinajstić information content (AvgIpc) is 3.96. The number of fused-ring (bicyclic) bond motifs is 4. The number of nitrogens with zero attached hydrogens (tertiary/aromatic N) is 5. The normalized spacial score (nSPS) is 28.7. The summed E-state index contributed by atoms with van der Waals surface area (Å²) in [7, 11) is 0. The molecule has 1 saturated carbocycles. The summed E-state index contributed by atoms with van der Waals surface area (Å²) >= 11 is 0. The van der Waals surface area contributed by atoms with Gasteiger partial charge in [0.2, 0.25) is 11.5 Å². The number of carbonyl (C=O) groups is 3. The van der Waals surface area contributed by atoms with E-state index < -0.39 is 27.4 Å². The molecule has 3 N–H and O–H groups in total. The van der Waals surface area contributed by atoms with Crippen LogP contribution in [0.4, 0.5) is 11.4 Å². The molecule has 1 aromatic heterocycles. The number of pyridine rings is 1. The lowest BCUT2D eigenvalue weighted by atomic mass is 9.49. The molecule has 14 heteroatoms. The van der Waals surface area contributed by atoms with Gasteiger partial charge >= 0.3 is 0 Å². The Labute approximate surface area is 367 Å². The number of nitrogens with one attached hydrogen (secondary N) is 3. The number of nitriles is 1. The standard InChI is InChI=1S/C49H56N8O6/c1-48(2)46(49(3,4)47(48)63-40-14-8-31(23-50)43-38(40)12-15-41(58)51-43)53-44(60)30-5-9-34(10-6-30)54-19-17-29(18-20-54)24-55-25-37-22-36(55)26-56(37)35-11-7-32-27-57(62,28-33(32)21-35)39-13-16-42(59)52-45(39)61/h5-12,14-15,21,29,36-37,39,46-47H,13,16-20,22,24-28H2,1-4H3,(H,51,58)(H,53,60)(H,52,59,61)/t36?,37?,39-,46?,47?,57?/m0/s1. The Balaban J connectivity index is 0.699. The van der Waals surface area contributed by atoms with Crippen molar-refractivity contribution in [3.8, 4) is 11.8 Å². The molecule has 4 aromatic rings. The number of piperidine rings is 2. The molecule has 2 bridgehead atoms. The molecule has 0 radical (unpaired) electrons. The molecule has 4 atom stereocenters. The largest absolute Gasteiger partial charge is 0.632 e. The van der Waals surface area contributed by atoms with Crippen molar-refractivity contribution in [3.05, 3.63) is 105 Å². The Kier molecular flexibility index (Phi) is 9.96. The summed E-state index contributed by atoms with van der Waals surface area (Å²) in [5.74, 6) is 0.375. The number of imide groups is 1. The number of likely N-dealkylation sites (tertiary alicyclic amines) is 1. The Hall–Kier alpha value is -5.75. The summed E-state index contributed by atoms with van der Waals surface area (Å²) in [5.41, 5.74) is 4.69. The van der Waals surface area contributed by atoms with E-state index in [0.29, 0.717) is 52.2 Å². The highest BCUT2D eigenvalue weighted by Crippen LogP contribution is 2.56. The Morgan fingerprint density at radius 3 is 2.33 bits per heavy atom. The molecule has 3 amide bonds. The van der Waals surface area contributed by atoms with E-state index in [9.17, 15) is 29.6 Å². The fourth-order valence-corrected chi connectivity index (χ4v) is 12.5. The molecule has 6 aliphatic rings. The molecule has 14 nitrogen and oxygen atoms in total. The summed E-state index contributed by atoms with van der Waals surface area (Å²) in [4.78, 5) is 60.4. The number of aromatic nitrogens is 1. The van der Waals surface area contributed by atoms with E-state index in [0.717, 1.165) is 68.8 Å². The molecule has 4 saturated heterocycles. The maximum atomic E-state index is 13.8. The number of hydrogen-bond donors (Lipinski definition) is 3. The van der Waals surface area contributed by atoms with Crippen LogP contribution in [-0.2, 0) is 22.7 Å². The molecular formula is C49H56N8O6. The van der Waals surface area contributed by atoms with Gasteiger partial charge in [-0.3, -0.25) is 29.4 Å². The van der Waals surface area contributed by atoms with Crippen molar-refractivity contribution in [2.45, 2.75) is 103 Å². The third-order valence-electron chi connectivity index (χ3n) is 15.5. The molecule has 0 spiro atoms. The van der Waals surface area contributed by atoms with Crippen molar-refractivity contribution >= 4 is 40.0 Å². The number of quaternary nitrogens is 1. The van der Waals surface area contributed by atoms with Crippen LogP contribution in [0.3, 0.4) is 0 Å². The predicted molar refractivity (Wildman–Crippen MR) is 239 cm³/mol. The summed E-state index contributed by atoms with van der Waals surface area (Å²) in [6, 6.07) is 23.2. The van der Waals surface area contributed by atoms with Gasteiger partial charge in [0, 0.05) is 114 Å². The number of rotatable bonds is 9. The van der Waals surface area contributed by atoms with Crippen LogP contribution >= 0.6 is 0 Å². The van der Waals surface area contributed by atoms with Gasteiger partial charge in [-0.25, -0.2) is 0 Å². The number of piperazine rings is 1. The van der Waals surface area contributed by atoms with Crippen LogP contribution in [0.15, 0.2) is 71.5 Å².